The zero-order chi connectivity index (χ0) is 21.6. The molecular weight excluding hydrogens is 398 g/mol. The molecule has 166 valence electrons. The smallest absolute Gasteiger partial charge is 0.325 e. The Hall–Kier alpha value is -2.77. The molecule has 31 heavy (non-hydrogen) atoms. The van der Waals surface area contributed by atoms with Crippen LogP contribution in [0.4, 0.5) is 4.79 Å². The minimum absolute atomic E-state index is 0.0928. The maximum Gasteiger partial charge on any atom is 0.325 e. The van der Waals surface area contributed by atoms with E-state index in [0.717, 1.165) is 48.3 Å². The van der Waals surface area contributed by atoms with Crippen LogP contribution in [0, 0.1) is 5.92 Å². The molecule has 4 amide bonds. The molecule has 3 aliphatic heterocycles. The number of benzene rings is 1. The lowest BCUT2D eigenvalue weighted by Gasteiger charge is -2.28. The monoisotopic (exact) mass is 427 g/mol. The molecule has 1 saturated carbocycles. The molecule has 0 spiro atoms. The zero-order valence-corrected chi connectivity index (χ0v) is 17.9. The minimum Gasteiger partial charge on any atom is -0.490 e. The number of hydrogen-bond donors (Lipinski definition) is 1. The summed E-state index contributed by atoms with van der Waals surface area (Å²) in [6.07, 6.45) is 5.00. The van der Waals surface area contributed by atoms with Gasteiger partial charge in [0.15, 0.2) is 11.5 Å². The van der Waals surface area contributed by atoms with Gasteiger partial charge in [-0.1, -0.05) is 13.0 Å². The Morgan fingerprint density at radius 2 is 1.90 bits per heavy atom. The van der Waals surface area contributed by atoms with Gasteiger partial charge in [0.2, 0.25) is 5.91 Å². The van der Waals surface area contributed by atoms with Gasteiger partial charge in [0.05, 0.1) is 19.3 Å². The lowest BCUT2D eigenvalue weighted by atomic mass is 9.90. The third kappa shape index (κ3) is 3.42. The van der Waals surface area contributed by atoms with Gasteiger partial charge in [-0.3, -0.25) is 14.5 Å². The van der Waals surface area contributed by atoms with Gasteiger partial charge in [-0.25, -0.2) is 4.79 Å². The van der Waals surface area contributed by atoms with E-state index in [-0.39, 0.29) is 30.3 Å². The van der Waals surface area contributed by atoms with Crippen LogP contribution in [0.25, 0.3) is 0 Å². The van der Waals surface area contributed by atoms with Gasteiger partial charge in [0.1, 0.15) is 12.1 Å². The number of hydrogen-bond acceptors (Lipinski definition) is 5. The zero-order valence-electron chi connectivity index (χ0n) is 17.9. The van der Waals surface area contributed by atoms with E-state index in [9.17, 15) is 14.4 Å². The molecule has 1 N–H and O–H groups in total. The molecule has 2 atom stereocenters. The Bertz CT molecular complexity index is 914. The van der Waals surface area contributed by atoms with E-state index in [1.54, 1.807) is 4.90 Å². The number of amides is 4. The van der Waals surface area contributed by atoms with Crippen molar-refractivity contribution >= 4 is 17.8 Å². The average Bonchev–Trinajstić information content (AvgIpc) is 3.51. The SMILES string of the molecule is CC[C@@]1(C2CC2)NC(=O)N(CC(=O)N2CCC[C@H]2c2ccc3c(c2)OCCCO3)C1=O. The Labute approximate surface area is 181 Å². The maximum atomic E-state index is 13.2. The average molecular weight is 428 g/mol. The summed E-state index contributed by atoms with van der Waals surface area (Å²) in [5.74, 6) is 1.19. The van der Waals surface area contributed by atoms with Crippen molar-refractivity contribution in [1.82, 2.24) is 15.1 Å². The van der Waals surface area contributed by atoms with Crippen LogP contribution in [0.2, 0.25) is 0 Å². The van der Waals surface area contributed by atoms with Crippen LogP contribution in [0.15, 0.2) is 18.2 Å². The number of carbonyl (C=O) groups excluding carboxylic acids is 3. The van der Waals surface area contributed by atoms with Gasteiger partial charge < -0.3 is 19.7 Å². The second-order valence-electron chi connectivity index (χ2n) is 8.92. The highest BCUT2D eigenvalue weighted by Gasteiger charge is 2.58. The van der Waals surface area contributed by atoms with Crippen LogP contribution in [-0.4, -0.2) is 59.5 Å². The number of nitrogens with one attached hydrogen (secondary N) is 1. The molecule has 2 saturated heterocycles. The summed E-state index contributed by atoms with van der Waals surface area (Å²) >= 11 is 0. The first-order valence-corrected chi connectivity index (χ1v) is 11.4. The highest BCUT2D eigenvalue weighted by molar-refractivity contribution is 6.09. The van der Waals surface area contributed by atoms with Crippen molar-refractivity contribution < 1.29 is 23.9 Å². The predicted molar refractivity (Wildman–Crippen MR) is 112 cm³/mol. The first-order chi connectivity index (χ1) is 15.0. The summed E-state index contributed by atoms with van der Waals surface area (Å²) in [6, 6.07) is 5.30. The lowest BCUT2D eigenvalue weighted by Crippen LogP contribution is -2.49. The van der Waals surface area contributed by atoms with E-state index in [2.05, 4.69) is 5.32 Å². The van der Waals surface area contributed by atoms with E-state index >= 15 is 0 Å². The topological polar surface area (TPSA) is 88.2 Å². The van der Waals surface area contributed by atoms with Crippen LogP contribution in [-0.2, 0) is 9.59 Å². The van der Waals surface area contributed by atoms with E-state index in [1.807, 2.05) is 25.1 Å². The quantitative estimate of drug-likeness (QED) is 0.730. The Morgan fingerprint density at radius 3 is 2.65 bits per heavy atom. The molecule has 4 aliphatic rings. The maximum absolute atomic E-state index is 13.2. The van der Waals surface area contributed by atoms with Crippen molar-refractivity contribution in [3.05, 3.63) is 23.8 Å². The molecule has 0 unspecified atom stereocenters. The van der Waals surface area contributed by atoms with Crippen molar-refractivity contribution in [3.63, 3.8) is 0 Å². The fourth-order valence-corrected chi connectivity index (χ4v) is 5.19. The number of carbonyl (C=O) groups is 3. The summed E-state index contributed by atoms with van der Waals surface area (Å²) in [5.41, 5.74) is 0.170. The highest BCUT2D eigenvalue weighted by Crippen LogP contribution is 2.45. The van der Waals surface area contributed by atoms with Crippen LogP contribution in [0.3, 0.4) is 0 Å². The van der Waals surface area contributed by atoms with Crippen LogP contribution < -0.4 is 14.8 Å². The molecule has 0 aromatic heterocycles. The van der Waals surface area contributed by atoms with Crippen molar-refractivity contribution in [2.24, 2.45) is 5.92 Å². The molecule has 0 bridgehead atoms. The van der Waals surface area contributed by atoms with Crippen molar-refractivity contribution in [3.8, 4) is 11.5 Å². The largest absolute Gasteiger partial charge is 0.490 e. The molecule has 8 nitrogen and oxygen atoms in total. The minimum atomic E-state index is -0.823. The normalized spacial score (nSPS) is 28.0. The van der Waals surface area contributed by atoms with Crippen molar-refractivity contribution in [1.29, 1.82) is 0 Å². The number of nitrogens with zero attached hydrogens (tertiary/aromatic N) is 2. The standard InChI is InChI=1S/C23H29N3O5/c1-2-23(16-7-8-16)21(28)26(22(29)24-23)14-20(27)25-10-3-5-17(25)15-6-9-18-19(13-15)31-12-4-11-30-18/h6,9,13,16-17H,2-5,7-8,10-12,14H2,1H3,(H,24,29)/t17-,23-/m0/s1. The molecular formula is C23H29N3O5. The fraction of sp³-hybridized carbons (Fsp3) is 0.609. The van der Waals surface area contributed by atoms with Crippen LogP contribution in [0.5, 0.6) is 11.5 Å². The Morgan fingerprint density at radius 1 is 1.13 bits per heavy atom. The van der Waals surface area contributed by atoms with Gasteiger partial charge in [-0.2, -0.15) is 0 Å². The molecule has 3 heterocycles. The summed E-state index contributed by atoms with van der Waals surface area (Å²) in [6.45, 7) is 3.56. The van der Waals surface area contributed by atoms with Gasteiger partial charge >= 0.3 is 6.03 Å². The molecule has 0 radical (unpaired) electrons. The number of imide groups is 1. The summed E-state index contributed by atoms with van der Waals surface area (Å²) < 4.78 is 11.5. The van der Waals surface area contributed by atoms with Crippen LogP contribution in [0.1, 0.15) is 57.1 Å². The van der Waals surface area contributed by atoms with E-state index in [4.69, 9.17) is 9.47 Å². The van der Waals surface area contributed by atoms with E-state index in [0.29, 0.717) is 31.9 Å². The van der Waals surface area contributed by atoms with Gasteiger partial charge in [0.25, 0.3) is 5.91 Å². The van der Waals surface area contributed by atoms with Crippen molar-refractivity contribution in [2.45, 2.75) is 57.0 Å². The molecule has 1 aromatic carbocycles. The third-order valence-corrected chi connectivity index (χ3v) is 7.06. The first kappa shape index (κ1) is 20.2. The van der Waals surface area contributed by atoms with Gasteiger partial charge in [-0.05, 0) is 55.7 Å². The molecule has 1 aliphatic carbocycles. The molecule has 8 heteroatoms. The summed E-state index contributed by atoms with van der Waals surface area (Å²) in [4.78, 5) is 41.8. The number of rotatable bonds is 5. The number of likely N-dealkylation sites (tertiary alicyclic amines) is 1. The fourth-order valence-electron chi connectivity index (χ4n) is 5.19. The van der Waals surface area contributed by atoms with Crippen molar-refractivity contribution in [2.75, 3.05) is 26.3 Å². The second kappa shape index (κ2) is 7.73. The third-order valence-electron chi connectivity index (χ3n) is 7.06. The lowest BCUT2D eigenvalue weighted by molar-refractivity contribution is -0.140. The molecule has 3 fully saturated rings. The molecule has 5 rings (SSSR count). The summed E-state index contributed by atoms with van der Waals surface area (Å²) in [5, 5.41) is 2.89. The van der Waals surface area contributed by atoms with Gasteiger partial charge in [0, 0.05) is 13.0 Å². The number of ether oxygens (including phenoxy) is 2. The number of fused-ring (bicyclic) bond motifs is 1. The Kier molecular flexibility index (Phi) is 5.02. The number of urea groups is 1. The molecule has 1 aromatic rings. The van der Waals surface area contributed by atoms with E-state index in [1.165, 1.54) is 0 Å². The van der Waals surface area contributed by atoms with Gasteiger partial charge in [-0.15, -0.1) is 0 Å². The Balaban J connectivity index is 1.32. The first-order valence-electron chi connectivity index (χ1n) is 11.4. The predicted octanol–water partition coefficient (Wildman–Crippen LogP) is 2.62. The van der Waals surface area contributed by atoms with Crippen LogP contribution >= 0.6 is 0 Å². The second-order valence-corrected chi connectivity index (χ2v) is 8.92. The summed E-state index contributed by atoms with van der Waals surface area (Å²) in [7, 11) is 0. The van der Waals surface area contributed by atoms with E-state index < -0.39 is 11.6 Å². The highest BCUT2D eigenvalue weighted by atomic mass is 16.5.